The lowest BCUT2D eigenvalue weighted by Gasteiger charge is -2.29. The summed E-state index contributed by atoms with van der Waals surface area (Å²) in [6.45, 7) is 9.99. The lowest BCUT2D eigenvalue weighted by atomic mass is 9.94. The van der Waals surface area contributed by atoms with E-state index in [-0.39, 0.29) is 18.4 Å². The Bertz CT molecular complexity index is 1530. The van der Waals surface area contributed by atoms with Crippen LogP contribution in [-0.2, 0) is 14.3 Å². The van der Waals surface area contributed by atoms with Crippen LogP contribution in [0.3, 0.4) is 0 Å². The summed E-state index contributed by atoms with van der Waals surface area (Å²) in [6.07, 6.45) is 0.985. The predicted octanol–water partition coefficient (Wildman–Crippen LogP) is 4.57. The number of aryl methyl sites for hydroxylation is 2. The Morgan fingerprint density at radius 1 is 1.12 bits per heavy atom. The van der Waals surface area contributed by atoms with Crippen LogP contribution in [0.1, 0.15) is 43.0 Å². The van der Waals surface area contributed by atoms with Crippen molar-refractivity contribution in [1.82, 2.24) is 19.7 Å². The average Bonchev–Trinajstić information content (AvgIpc) is 3.42. The molecule has 0 spiro atoms. The summed E-state index contributed by atoms with van der Waals surface area (Å²) < 4.78 is 18.7. The number of benzene rings is 2. The molecule has 5 rings (SSSR count). The van der Waals surface area contributed by atoms with Gasteiger partial charge in [-0.3, -0.25) is 9.59 Å². The molecule has 2 aromatic carbocycles. The van der Waals surface area contributed by atoms with Gasteiger partial charge in [-0.2, -0.15) is 4.98 Å². The van der Waals surface area contributed by atoms with Gasteiger partial charge in [-0.1, -0.05) is 42.4 Å². The van der Waals surface area contributed by atoms with Gasteiger partial charge in [0, 0.05) is 30.2 Å². The van der Waals surface area contributed by atoms with Crippen molar-refractivity contribution in [2.45, 2.75) is 45.3 Å². The highest BCUT2D eigenvalue weighted by atomic mass is 32.2. The van der Waals surface area contributed by atoms with Crippen LogP contribution in [0, 0.1) is 13.8 Å². The van der Waals surface area contributed by atoms with Gasteiger partial charge in [0.15, 0.2) is 18.1 Å². The number of rotatable bonds is 10. The van der Waals surface area contributed by atoms with Gasteiger partial charge in [0.2, 0.25) is 11.1 Å². The second-order valence-corrected chi connectivity index (χ2v) is 11.6. The number of hydrogen-bond acceptors (Lipinski definition) is 9. The monoisotopic (exact) mass is 606 g/mol. The smallest absolute Gasteiger partial charge is 0.260 e. The molecule has 43 heavy (non-hydrogen) atoms. The molecule has 2 aliphatic rings. The number of nitrogens with zero attached hydrogens (tertiary/aromatic N) is 4. The van der Waals surface area contributed by atoms with E-state index in [1.807, 2.05) is 51.1 Å². The van der Waals surface area contributed by atoms with Crippen molar-refractivity contribution < 1.29 is 23.8 Å². The molecule has 3 aromatic rings. The molecule has 2 N–H and O–H groups in total. The minimum atomic E-state index is -0.594. The fourth-order valence-corrected chi connectivity index (χ4v) is 5.83. The first-order chi connectivity index (χ1) is 20.8. The second-order valence-electron chi connectivity index (χ2n) is 10.5. The first kappa shape index (κ1) is 30.4. The van der Waals surface area contributed by atoms with Crippen molar-refractivity contribution in [3.63, 3.8) is 0 Å². The summed E-state index contributed by atoms with van der Waals surface area (Å²) in [5.41, 5.74) is 4.77. The lowest BCUT2D eigenvalue weighted by Crippen LogP contribution is -2.43. The normalized spacial score (nSPS) is 16.4. The number of aromatic nitrogens is 3. The highest BCUT2D eigenvalue weighted by Gasteiger charge is 2.35. The quantitative estimate of drug-likeness (QED) is 0.320. The van der Waals surface area contributed by atoms with Crippen LogP contribution in [-0.4, -0.2) is 77.3 Å². The summed E-state index contributed by atoms with van der Waals surface area (Å²) in [5.74, 6) is 1.95. The Morgan fingerprint density at radius 3 is 2.63 bits per heavy atom. The number of morpholine rings is 1. The molecule has 1 aromatic heterocycles. The molecule has 1 atom stereocenters. The summed E-state index contributed by atoms with van der Waals surface area (Å²) in [7, 11) is 1.55. The number of fused-ring (bicyclic) bond motifs is 1. The Labute approximate surface area is 256 Å². The van der Waals surface area contributed by atoms with E-state index in [9.17, 15) is 9.59 Å². The van der Waals surface area contributed by atoms with Gasteiger partial charge >= 0.3 is 0 Å². The number of thioether (sulfide) groups is 1. The molecule has 0 saturated carbocycles. The zero-order valence-electron chi connectivity index (χ0n) is 25.2. The number of hydrogen-bond donors (Lipinski definition) is 2. The van der Waals surface area contributed by atoms with Crippen molar-refractivity contribution in [2.75, 3.05) is 56.4 Å². The number of nitrogens with one attached hydrogen (secondary N) is 2. The second kappa shape index (κ2) is 13.5. The molecule has 0 aliphatic carbocycles. The number of anilines is 2. The molecule has 2 aliphatic heterocycles. The molecule has 228 valence electrons. The summed E-state index contributed by atoms with van der Waals surface area (Å²) in [6, 6.07) is 10.8. The van der Waals surface area contributed by atoms with E-state index in [4.69, 9.17) is 24.3 Å². The zero-order chi connectivity index (χ0) is 30.5. The van der Waals surface area contributed by atoms with Crippen molar-refractivity contribution in [2.24, 2.45) is 0 Å². The number of allylic oxidation sites excluding steroid dienone is 1. The van der Waals surface area contributed by atoms with Crippen LogP contribution in [0.25, 0.3) is 0 Å². The molecule has 3 heterocycles. The molecule has 12 heteroatoms. The van der Waals surface area contributed by atoms with E-state index in [2.05, 4.69) is 17.6 Å². The molecule has 1 unspecified atom stereocenters. The average molecular weight is 607 g/mol. The maximum Gasteiger partial charge on any atom is 0.260 e. The minimum Gasteiger partial charge on any atom is -0.493 e. The number of ether oxygens (including phenoxy) is 3. The van der Waals surface area contributed by atoms with Gasteiger partial charge in [0.25, 0.3) is 11.8 Å². The fourth-order valence-electron chi connectivity index (χ4n) is 5.15. The number of carbonyl (C=O) groups is 2. The number of carbonyl (C=O) groups excluding carboxylic acids is 2. The van der Waals surface area contributed by atoms with Gasteiger partial charge in [-0.05, 0) is 56.5 Å². The largest absolute Gasteiger partial charge is 0.493 e. The van der Waals surface area contributed by atoms with E-state index in [0.717, 1.165) is 34.6 Å². The molecule has 1 saturated heterocycles. The highest BCUT2D eigenvalue weighted by Crippen LogP contribution is 2.40. The maximum absolute atomic E-state index is 14.0. The van der Waals surface area contributed by atoms with Crippen LogP contribution in [0.15, 0.2) is 52.8 Å². The summed E-state index contributed by atoms with van der Waals surface area (Å²) >= 11 is 1.57. The van der Waals surface area contributed by atoms with Crippen LogP contribution in [0.5, 0.6) is 11.5 Å². The molecule has 0 bridgehead atoms. The van der Waals surface area contributed by atoms with Crippen molar-refractivity contribution in [1.29, 1.82) is 0 Å². The molecular weight excluding hydrogens is 568 g/mol. The van der Waals surface area contributed by atoms with Crippen molar-refractivity contribution >= 4 is 35.2 Å². The van der Waals surface area contributed by atoms with Crippen LogP contribution >= 0.6 is 11.8 Å². The van der Waals surface area contributed by atoms with Crippen LogP contribution < -0.4 is 20.1 Å². The number of amides is 2. The van der Waals surface area contributed by atoms with Gasteiger partial charge in [-0.25, -0.2) is 4.68 Å². The standard InChI is InChI=1S/C31H38N6O5S/c1-6-15-43-31-34-30-32-21(4)27(29(39)33-23-9-7-19(2)16-20(23)3)28(37(30)35-31)22-8-10-24(25(17-22)40-5)42-18-26(38)36-11-13-41-14-12-36/h7-10,16-17,28H,6,11-15,18H2,1-5H3,(H,33,39)(H,32,34,35). The maximum atomic E-state index is 14.0. The minimum absolute atomic E-state index is 0.110. The van der Waals surface area contributed by atoms with E-state index < -0.39 is 6.04 Å². The third-order valence-corrected chi connectivity index (χ3v) is 8.41. The van der Waals surface area contributed by atoms with Gasteiger partial charge in [0.1, 0.15) is 6.04 Å². The highest BCUT2D eigenvalue weighted by molar-refractivity contribution is 7.99. The predicted molar refractivity (Wildman–Crippen MR) is 166 cm³/mol. The van der Waals surface area contributed by atoms with E-state index in [1.54, 1.807) is 34.5 Å². The van der Waals surface area contributed by atoms with Gasteiger partial charge in [-0.15, -0.1) is 5.10 Å². The molecule has 11 nitrogen and oxygen atoms in total. The Hall–Kier alpha value is -4.03. The van der Waals surface area contributed by atoms with Crippen LogP contribution in [0.2, 0.25) is 0 Å². The summed E-state index contributed by atoms with van der Waals surface area (Å²) in [4.78, 5) is 33.1. The van der Waals surface area contributed by atoms with Gasteiger partial charge in [0.05, 0.1) is 25.9 Å². The third-order valence-electron chi connectivity index (χ3n) is 7.36. The molecular formula is C31H38N6O5S. The van der Waals surface area contributed by atoms with Crippen LogP contribution in [0.4, 0.5) is 11.6 Å². The first-order valence-corrected chi connectivity index (χ1v) is 15.4. The van der Waals surface area contributed by atoms with Crippen molar-refractivity contribution in [3.05, 3.63) is 64.4 Å². The van der Waals surface area contributed by atoms with E-state index >= 15 is 0 Å². The first-order valence-electron chi connectivity index (χ1n) is 14.4. The SMILES string of the molecule is CCCSc1nc2n(n1)C(c1ccc(OCC(=O)N3CCOCC3)c(OC)c1)C(C(=O)Nc1ccc(C)cc1C)=C(C)N2. The summed E-state index contributed by atoms with van der Waals surface area (Å²) in [5, 5.41) is 11.8. The van der Waals surface area contributed by atoms with E-state index in [1.165, 1.54) is 0 Å². The Kier molecular flexibility index (Phi) is 9.56. The van der Waals surface area contributed by atoms with Crippen molar-refractivity contribution in [3.8, 4) is 11.5 Å². The Balaban J connectivity index is 1.47. The topological polar surface area (TPSA) is 120 Å². The zero-order valence-corrected chi connectivity index (χ0v) is 26.0. The Morgan fingerprint density at radius 2 is 1.91 bits per heavy atom. The van der Waals surface area contributed by atoms with Gasteiger partial charge < -0.3 is 29.7 Å². The third kappa shape index (κ3) is 6.80. The molecule has 1 fully saturated rings. The molecule has 0 radical (unpaired) electrons. The van der Waals surface area contributed by atoms with E-state index in [0.29, 0.717) is 60.2 Å². The number of methoxy groups -OCH3 is 1. The fraction of sp³-hybridized carbons (Fsp3) is 0.419. The lowest BCUT2D eigenvalue weighted by molar-refractivity contribution is -0.137. The molecule has 2 amide bonds.